The Morgan fingerprint density at radius 1 is 1.25 bits per heavy atom. The van der Waals surface area contributed by atoms with Crippen LogP contribution in [0.15, 0.2) is 29.4 Å². The third kappa shape index (κ3) is 3.97. The molecule has 6 heteroatoms. The molecular formula is C22H30N4OS. The monoisotopic (exact) mass is 398 g/mol. The smallest absolute Gasteiger partial charge is 0.233 e. The van der Waals surface area contributed by atoms with E-state index in [1.807, 2.05) is 0 Å². The molecule has 2 aromatic rings. The number of hydrogen-bond acceptors (Lipinski definition) is 4. The van der Waals surface area contributed by atoms with Crippen molar-refractivity contribution in [2.24, 2.45) is 10.8 Å². The quantitative estimate of drug-likeness (QED) is 0.751. The number of H-pyrrole nitrogens is 1. The van der Waals surface area contributed by atoms with E-state index in [9.17, 15) is 4.79 Å². The summed E-state index contributed by atoms with van der Waals surface area (Å²) in [7, 11) is 0. The number of fused-ring (bicyclic) bond motifs is 2. The average Bonchev–Trinajstić information content (AvgIpc) is 3.21. The molecule has 2 atom stereocenters. The molecule has 0 spiro atoms. The zero-order chi connectivity index (χ0) is 19.9. The Hall–Kier alpha value is -1.82. The van der Waals surface area contributed by atoms with Crippen LogP contribution < -0.4 is 0 Å². The lowest BCUT2D eigenvalue weighted by atomic mass is 9.65. The number of carbonyl (C=O) groups excluding carboxylic acids is 1. The first-order valence-corrected chi connectivity index (χ1v) is 11.2. The fourth-order valence-corrected chi connectivity index (χ4v) is 5.98. The van der Waals surface area contributed by atoms with E-state index in [1.54, 1.807) is 0 Å². The van der Waals surface area contributed by atoms with Gasteiger partial charge in [-0.3, -0.25) is 9.89 Å². The van der Waals surface area contributed by atoms with Crippen LogP contribution in [0, 0.1) is 10.8 Å². The van der Waals surface area contributed by atoms with E-state index < -0.39 is 0 Å². The largest absolute Gasteiger partial charge is 0.338 e. The van der Waals surface area contributed by atoms with Crippen molar-refractivity contribution < 1.29 is 4.79 Å². The molecule has 5 nitrogen and oxygen atoms in total. The van der Waals surface area contributed by atoms with Crippen molar-refractivity contribution in [3.63, 3.8) is 0 Å². The van der Waals surface area contributed by atoms with Gasteiger partial charge in [-0.1, -0.05) is 63.7 Å². The van der Waals surface area contributed by atoms with E-state index in [0.29, 0.717) is 22.4 Å². The highest BCUT2D eigenvalue weighted by Gasteiger charge is 2.50. The molecule has 1 N–H and O–H groups in total. The Balaban J connectivity index is 1.37. The molecule has 2 aliphatic rings. The van der Waals surface area contributed by atoms with E-state index in [0.717, 1.165) is 37.2 Å². The van der Waals surface area contributed by atoms with Gasteiger partial charge in [0.1, 0.15) is 0 Å². The molecule has 1 aliphatic heterocycles. The van der Waals surface area contributed by atoms with Crippen molar-refractivity contribution in [2.75, 3.05) is 12.3 Å². The molecule has 28 heavy (non-hydrogen) atoms. The molecular weight excluding hydrogens is 368 g/mol. The first kappa shape index (κ1) is 19.5. The fraction of sp³-hybridized carbons (Fsp3) is 0.591. The average molecular weight is 399 g/mol. The lowest BCUT2D eigenvalue weighted by molar-refractivity contribution is -0.129. The number of benzene rings is 1. The summed E-state index contributed by atoms with van der Waals surface area (Å²) in [6.07, 6.45) is 4.48. The summed E-state index contributed by atoms with van der Waals surface area (Å²) < 4.78 is 0. The first-order chi connectivity index (χ1) is 13.3. The molecule has 1 saturated carbocycles. The number of likely N-dealkylation sites (tertiary alicyclic amines) is 1. The molecule has 1 aromatic carbocycles. The van der Waals surface area contributed by atoms with Gasteiger partial charge < -0.3 is 4.90 Å². The molecule has 1 aromatic heterocycles. The summed E-state index contributed by atoms with van der Waals surface area (Å²) in [5.41, 5.74) is 2.92. The lowest BCUT2D eigenvalue weighted by Gasteiger charge is -2.39. The van der Waals surface area contributed by atoms with Crippen molar-refractivity contribution >= 4 is 17.7 Å². The van der Waals surface area contributed by atoms with E-state index in [4.69, 9.17) is 0 Å². The SMILES string of the molecule is CCc1ccc(-c2nc(SCC(=O)N3C[C@@]4(C)C[C@@H]3CC(C)(C)C4)n[nH]2)cc1. The van der Waals surface area contributed by atoms with Crippen LogP contribution in [-0.2, 0) is 11.2 Å². The molecule has 2 bridgehead atoms. The third-order valence-corrected chi connectivity index (χ3v) is 6.99. The van der Waals surface area contributed by atoms with Crippen LogP contribution >= 0.6 is 11.8 Å². The Morgan fingerprint density at radius 2 is 2.00 bits per heavy atom. The first-order valence-electron chi connectivity index (χ1n) is 10.2. The molecule has 0 radical (unpaired) electrons. The summed E-state index contributed by atoms with van der Waals surface area (Å²) in [4.78, 5) is 19.6. The number of nitrogens with one attached hydrogen (secondary N) is 1. The third-order valence-electron chi connectivity index (χ3n) is 6.16. The van der Waals surface area contributed by atoms with Crippen LogP contribution in [-0.4, -0.2) is 44.3 Å². The predicted octanol–water partition coefficient (Wildman–Crippen LogP) is 4.55. The van der Waals surface area contributed by atoms with Crippen molar-refractivity contribution in [1.29, 1.82) is 0 Å². The zero-order valence-corrected chi connectivity index (χ0v) is 18.1. The topological polar surface area (TPSA) is 61.9 Å². The van der Waals surface area contributed by atoms with Gasteiger partial charge in [-0.2, -0.15) is 0 Å². The van der Waals surface area contributed by atoms with E-state index in [2.05, 4.69) is 72.0 Å². The van der Waals surface area contributed by atoms with E-state index in [1.165, 1.54) is 23.7 Å². The summed E-state index contributed by atoms with van der Waals surface area (Å²) in [6.45, 7) is 10.0. The minimum atomic E-state index is 0.218. The number of carbonyl (C=O) groups is 1. The summed E-state index contributed by atoms with van der Waals surface area (Å²) >= 11 is 1.43. The second kappa shape index (κ2) is 7.21. The number of thioether (sulfide) groups is 1. The van der Waals surface area contributed by atoms with Crippen LogP contribution in [0.3, 0.4) is 0 Å². The van der Waals surface area contributed by atoms with Gasteiger partial charge in [-0.05, 0) is 42.1 Å². The second-order valence-electron chi connectivity index (χ2n) is 9.54. The highest BCUT2D eigenvalue weighted by molar-refractivity contribution is 7.99. The van der Waals surface area contributed by atoms with Crippen LogP contribution in [0.4, 0.5) is 0 Å². The summed E-state index contributed by atoms with van der Waals surface area (Å²) in [5.74, 6) is 1.37. The van der Waals surface area contributed by atoms with Crippen molar-refractivity contribution in [3.05, 3.63) is 29.8 Å². The maximum atomic E-state index is 12.9. The number of aromatic nitrogens is 3. The lowest BCUT2D eigenvalue weighted by Crippen LogP contribution is -2.38. The normalized spacial score (nSPS) is 25.9. The number of nitrogens with zero attached hydrogens (tertiary/aromatic N) is 3. The maximum Gasteiger partial charge on any atom is 0.233 e. The van der Waals surface area contributed by atoms with Gasteiger partial charge in [0.15, 0.2) is 5.82 Å². The molecule has 1 saturated heterocycles. The van der Waals surface area contributed by atoms with Gasteiger partial charge in [0.2, 0.25) is 11.1 Å². The minimum Gasteiger partial charge on any atom is -0.338 e. The Bertz CT molecular complexity index is 860. The maximum absolute atomic E-state index is 12.9. The van der Waals surface area contributed by atoms with Gasteiger partial charge in [0, 0.05) is 18.2 Å². The Morgan fingerprint density at radius 3 is 2.71 bits per heavy atom. The van der Waals surface area contributed by atoms with Gasteiger partial charge in [0.25, 0.3) is 0 Å². The van der Waals surface area contributed by atoms with Gasteiger partial charge >= 0.3 is 0 Å². The van der Waals surface area contributed by atoms with E-state index >= 15 is 0 Å². The van der Waals surface area contributed by atoms with Crippen LogP contribution in [0.5, 0.6) is 0 Å². The second-order valence-corrected chi connectivity index (χ2v) is 10.5. The highest BCUT2D eigenvalue weighted by Crippen LogP contribution is 2.52. The number of aromatic amines is 1. The minimum absolute atomic E-state index is 0.218. The molecule has 1 amide bonds. The number of rotatable bonds is 5. The number of aryl methyl sites for hydroxylation is 1. The molecule has 1 aliphatic carbocycles. The molecule has 2 heterocycles. The van der Waals surface area contributed by atoms with Crippen LogP contribution in [0.1, 0.15) is 52.5 Å². The predicted molar refractivity (Wildman–Crippen MR) is 113 cm³/mol. The van der Waals surface area contributed by atoms with Crippen molar-refractivity contribution in [2.45, 2.75) is 64.6 Å². The highest BCUT2D eigenvalue weighted by atomic mass is 32.2. The van der Waals surface area contributed by atoms with Gasteiger partial charge in [0.05, 0.1) is 5.75 Å². The molecule has 2 fully saturated rings. The Kier molecular flexibility index (Phi) is 5.02. The molecule has 0 unspecified atom stereocenters. The summed E-state index contributed by atoms with van der Waals surface area (Å²) in [6, 6.07) is 8.74. The standard InChI is InChI=1S/C22H30N4OS/c1-5-15-6-8-16(9-7-15)19-23-20(25-24-19)28-12-18(27)26-14-22(4)11-17(26)10-21(2,3)13-22/h6-9,17H,5,10-14H2,1-4H3,(H,23,24,25)/t17-,22-/m0/s1. The molecule has 150 valence electrons. The van der Waals surface area contributed by atoms with E-state index in [-0.39, 0.29) is 11.3 Å². The van der Waals surface area contributed by atoms with Crippen LogP contribution in [0.2, 0.25) is 0 Å². The molecule has 4 rings (SSSR count). The number of hydrogen-bond donors (Lipinski definition) is 1. The number of amides is 1. The van der Waals surface area contributed by atoms with Crippen molar-refractivity contribution in [3.8, 4) is 11.4 Å². The summed E-state index contributed by atoms with van der Waals surface area (Å²) in [5, 5.41) is 7.93. The Labute approximate surface area is 171 Å². The fourth-order valence-electron chi connectivity index (χ4n) is 5.30. The zero-order valence-electron chi connectivity index (χ0n) is 17.3. The van der Waals surface area contributed by atoms with Crippen LogP contribution in [0.25, 0.3) is 11.4 Å². The van der Waals surface area contributed by atoms with Gasteiger partial charge in [-0.15, -0.1) is 5.10 Å². The van der Waals surface area contributed by atoms with Gasteiger partial charge in [-0.25, -0.2) is 4.98 Å². The van der Waals surface area contributed by atoms with Crippen molar-refractivity contribution in [1.82, 2.24) is 20.1 Å².